The first kappa shape index (κ1) is 17.2. The lowest BCUT2D eigenvalue weighted by Crippen LogP contribution is -2.20. The molecule has 7 heteroatoms. The molecule has 3 rings (SSSR count). The Morgan fingerprint density at radius 1 is 1.24 bits per heavy atom. The zero-order valence-electron chi connectivity index (χ0n) is 14.2. The second-order valence-corrected chi connectivity index (χ2v) is 6.43. The normalized spacial score (nSPS) is 11.2. The second kappa shape index (κ2) is 6.37. The summed E-state index contributed by atoms with van der Waals surface area (Å²) in [7, 11) is 3.60. The van der Waals surface area contributed by atoms with E-state index in [1.165, 1.54) is 0 Å². The molecule has 0 radical (unpaired) electrons. The Morgan fingerprint density at radius 2 is 1.92 bits per heavy atom. The molecule has 130 valence electrons. The van der Waals surface area contributed by atoms with Gasteiger partial charge >= 0.3 is 5.97 Å². The van der Waals surface area contributed by atoms with Crippen molar-refractivity contribution in [2.45, 2.75) is 19.9 Å². The van der Waals surface area contributed by atoms with E-state index in [2.05, 4.69) is 4.98 Å². The molecule has 0 fully saturated rings. The van der Waals surface area contributed by atoms with Gasteiger partial charge in [-0.2, -0.15) is 0 Å². The van der Waals surface area contributed by atoms with Crippen LogP contribution in [0.4, 0.5) is 5.69 Å². The minimum atomic E-state index is -1.01. The highest BCUT2D eigenvalue weighted by Gasteiger charge is 2.19. The standard InChI is InChI=1S/C18H18ClN3O3/c1-4-10-5-6-12-17(25)11-7-8-13(19)16(21(2)3)15(11)22(9-14(23)24)18(12)20-10/h5-8H,4,9H2,1-3H3,(H,23,24). The van der Waals surface area contributed by atoms with Crippen LogP contribution in [0.25, 0.3) is 21.9 Å². The predicted molar refractivity (Wildman–Crippen MR) is 99.9 cm³/mol. The average molecular weight is 360 g/mol. The van der Waals surface area contributed by atoms with Gasteiger partial charge in [-0.3, -0.25) is 9.59 Å². The maximum absolute atomic E-state index is 12.9. The van der Waals surface area contributed by atoms with E-state index < -0.39 is 5.97 Å². The number of rotatable bonds is 4. The number of carboxylic acid groups (broad SMARTS) is 1. The number of aromatic nitrogens is 2. The Balaban J connectivity index is 2.62. The number of hydrogen-bond donors (Lipinski definition) is 1. The fraction of sp³-hybridized carbons (Fsp3) is 0.278. The fourth-order valence-electron chi connectivity index (χ4n) is 3.04. The Kier molecular flexibility index (Phi) is 4.39. The van der Waals surface area contributed by atoms with Gasteiger partial charge in [-0.15, -0.1) is 0 Å². The maximum Gasteiger partial charge on any atom is 0.323 e. The van der Waals surface area contributed by atoms with Crippen LogP contribution in [0.15, 0.2) is 29.1 Å². The van der Waals surface area contributed by atoms with Gasteiger partial charge in [0.1, 0.15) is 12.2 Å². The third-order valence-electron chi connectivity index (χ3n) is 4.15. The predicted octanol–water partition coefficient (Wildman–Crippen LogP) is 2.92. The van der Waals surface area contributed by atoms with Crippen molar-refractivity contribution in [3.8, 4) is 0 Å². The van der Waals surface area contributed by atoms with E-state index in [4.69, 9.17) is 11.6 Å². The molecule has 0 amide bonds. The minimum absolute atomic E-state index is 0.179. The third-order valence-corrected chi connectivity index (χ3v) is 4.46. The third kappa shape index (κ3) is 2.82. The van der Waals surface area contributed by atoms with Gasteiger partial charge in [0.2, 0.25) is 0 Å². The monoisotopic (exact) mass is 359 g/mol. The number of pyridine rings is 2. The number of carboxylic acids is 1. The van der Waals surface area contributed by atoms with Crippen LogP contribution < -0.4 is 10.3 Å². The number of aliphatic carboxylic acids is 1. The van der Waals surface area contributed by atoms with Crippen molar-refractivity contribution < 1.29 is 9.90 Å². The number of anilines is 1. The molecule has 0 aliphatic heterocycles. The van der Waals surface area contributed by atoms with Gasteiger partial charge in [-0.25, -0.2) is 4.98 Å². The zero-order valence-corrected chi connectivity index (χ0v) is 15.0. The first-order valence-electron chi connectivity index (χ1n) is 7.89. The van der Waals surface area contributed by atoms with Crippen LogP contribution in [0.5, 0.6) is 0 Å². The van der Waals surface area contributed by atoms with Crippen LogP contribution in [0, 0.1) is 0 Å². The van der Waals surface area contributed by atoms with E-state index in [1.54, 1.807) is 47.8 Å². The number of hydrogen-bond acceptors (Lipinski definition) is 4. The summed E-state index contributed by atoms with van der Waals surface area (Å²) in [6.45, 7) is 1.64. The smallest absolute Gasteiger partial charge is 0.323 e. The lowest BCUT2D eigenvalue weighted by atomic mass is 10.1. The van der Waals surface area contributed by atoms with Crippen LogP contribution in [-0.4, -0.2) is 34.7 Å². The van der Waals surface area contributed by atoms with Crippen molar-refractivity contribution in [3.63, 3.8) is 0 Å². The molecule has 0 bridgehead atoms. The molecule has 3 aromatic rings. The van der Waals surface area contributed by atoms with E-state index in [0.29, 0.717) is 39.1 Å². The van der Waals surface area contributed by atoms with E-state index in [0.717, 1.165) is 5.69 Å². The quantitative estimate of drug-likeness (QED) is 0.725. The highest BCUT2D eigenvalue weighted by atomic mass is 35.5. The van der Waals surface area contributed by atoms with Gasteiger partial charge in [0.15, 0.2) is 5.43 Å². The molecular formula is C18H18ClN3O3. The summed E-state index contributed by atoms with van der Waals surface area (Å²) in [4.78, 5) is 30.7. The van der Waals surface area contributed by atoms with E-state index in [9.17, 15) is 14.7 Å². The summed E-state index contributed by atoms with van der Waals surface area (Å²) >= 11 is 6.34. The molecule has 0 aliphatic rings. The molecule has 25 heavy (non-hydrogen) atoms. The molecule has 1 aromatic carbocycles. The zero-order chi connectivity index (χ0) is 18.3. The van der Waals surface area contributed by atoms with Gasteiger partial charge in [-0.1, -0.05) is 18.5 Å². The van der Waals surface area contributed by atoms with Crippen LogP contribution >= 0.6 is 11.6 Å². The van der Waals surface area contributed by atoms with E-state index >= 15 is 0 Å². The molecular weight excluding hydrogens is 342 g/mol. The molecule has 0 saturated heterocycles. The summed E-state index contributed by atoms with van der Waals surface area (Å²) in [5, 5.41) is 10.7. The Morgan fingerprint density at radius 3 is 2.52 bits per heavy atom. The van der Waals surface area contributed by atoms with Gasteiger partial charge in [-0.05, 0) is 30.7 Å². The number of benzene rings is 1. The van der Waals surface area contributed by atoms with Crippen molar-refractivity contribution in [1.29, 1.82) is 0 Å². The van der Waals surface area contributed by atoms with Crippen molar-refractivity contribution in [2.75, 3.05) is 19.0 Å². The summed E-state index contributed by atoms with van der Waals surface area (Å²) in [5.74, 6) is -1.01. The SMILES string of the molecule is CCc1ccc2c(=O)c3ccc(Cl)c(N(C)C)c3n(CC(=O)O)c2n1. The van der Waals surface area contributed by atoms with Crippen LogP contribution in [0.2, 0.25) is 5.02 Å². The lowest BCUT2D eigenvalue weighted by Gasteiger charge is -2.21. The Hall–Kier alpha value is -2.60. The minimum Gasteiger partial charge on any atom is -0.480 e. The van der Waals surface area contributed by atoms with Crippen LogP contribution in [-0.2, 0) is 17.8 Å². The second-order valence-electron chi connectivity index (χ2n) is 6.02. The molecule has 0 atom stereocenters. The lowest BCUT2D eigenvalue weighted by molar-refractivity contribution is -0.137. The van der Waals surface area contributed by atoms with E-state index in [-0.39, 0.29) is 12.0 Å². The topological polar surface area (TPSA) is 75.4 Å². The summed E-state index contributed by atoms with van der Waals surface area (Å²) in [6, 6.07) is 6.80. The Bertz CT molecular complexity index is 1060. The fourth-order valence-corrected chi connectivity index (χ4v) is 3.37. The summed E-state index contributed by atoms with van der Waals surface area (Å²) < 4.78 is 1.56. The maximum atomic E-state index is 12.9. The molecule has 1 N–H and O–H groups in total. The summed E-state index contributed by atoms with van der Waals surface area (Å²) in [5.41, 5.74) is 2.06. The number of halogens is 1. The molecule has 0 aliphatic carbocycles. The van der Waals surface area contributed by atoms with Crippen LogP contribution in [0.3, 0.4) is 0 Å². The number of carbonyl (C=O) groups is 1. The number of nitrogens with zero attached hydrogens (tertiary/aromatic N) is 3. The molecule has 6 nitrogen and oxygen atoms in total. The molecule has 2 aromatic heterocycles. The van der Waals surface area contributed by atoms with Crippen molar-refractivity contribution in [3.05, 3.63) is 45.2 Å². The van der Waals surface area contributed by atoms with E-state index in [1.807, 2.05) is 6.92 Å². The Labute approximate surface area is 149 Å². The van der Waals surface area contributed by atoms with Gasteiger partial charge < -0.3 is 14.6 Å². The number of aryl methyl sites for hydroxylation is 1. The van der Waals surface area contributed by atoms with Gasteiger partial charge in [0, 0.05) is 25.2 Å². The first-order chi connectivity index (χ1) is 11.8. The number of fused-ring (bicyclic) bond motifs is 2. The van der Waals surface area contributed by atoms with Crippen molar-refractivity contribution >= 4 is 45.2 Å². The molecule has 0 spiro atoms. The largest absolute Gasteiger partial charge is 0.480 e. The van der Waals surface area contributed by atoms with Crippen molar-refractivity contribution in [2.24, 2.45) is 0 Å². The van der Waals surface area contributed by atoms with Crippen LogP contribution in [0.1, 0.15) is 12.6 Å². The summed E-state index contributed by atoms with van der Waals surface area (Å²) in [6.07, 6.45) is 0.686. The average Bonchev–Trinajstić information content (AvgIpc) is 2.57. The molecule has 0 unspecified atom stereocenters. The van der Waals surface area contributed by atoms with Crippen molar-refractivity contribution in [1.82, 2.24) is 9.55 Å². The highest BCUT2D eigenvalue weighted by molar-refractivity contribution is 6.35. The molecule has 0 saturated carbocycles. The van der Waals surface area contributed by atoms with Gasteiger partial charge in [0.25, 0.3) is 0 Å². The molecule has 2 heterocycles. The highest BCUT2D eigenvalue weighted by Crippen LogP contribution is 2.33. The first-order valence-corrected chi connectivity index (χ1v) is 8.26. The van der Waals surface area contributed by atoms with Gasteiger partial charge in [0.05, 0.1) is 21.6 Å².